The van der Waals surface area contributed by atoms with E-state index in [4.69, 9.17) is 4.99 Å². The number of rotatable bonds is 9. The predicted octanol–water partition coefficient (Wildman–Crippen LogP) is 3.37. The number of likely N-dealkylation sites (tertiary alicyclic amines) is 1. The van der Waals surface area contributed by atoms with Crippen LogP contribution in [0.2, 0.25) is 0 Å². The van der Waals surface area contributed by atoms with Gasteiger partial charge in [0.05, 0.1) is 0 Å². The molecular weight excluding hydrogens is 439 g/mol. The maximum Gasteiger partial charge on any atom is 0.191 e. The number of nitrogens with one attached hydrogen (secondary N) is 2. The van der Waals surface area contributed by atoms with Gasteiger partial charge in [0, 0.05) is 44.9 Å². The van der Waals surface area contributed by atoms with Crippen molar-refractivity contribution in [2.75, 3.05) is 32.8 Å². The lowest BCUT2D eigenvalue weighted by Gasteiger charge is -2.30. The summed E-state index contributed by atoms with van der Waals surface area (Å²) in [5.41, 5.74) is 0.128. The molecule has 154 valence electrons. The molecule has 0 aromatic carbocycles. The van der Waals surface area contributed by atoms with E-state index >= 15 is 0 Å². The van der Waals surface area contributed by atoms with Gasteiger partial charge in [0.15, 0.2) is 5.96 Å². The van der Waals surface area contributed by atoms with Crippen LogP contribution < -0.4 is 10.6 Å². The minimum absolute atomic E-state index is 0. The number of guanidine groups is 1. The fourth-order valence-corrected chi connectivity index (χ4v) is 4.41. The van der Waals surface area contributed by atoms with E-state index in [1.807, 2.05) is 0 Å². The Hall–Kier alpha value is -0.0800. The van der Waals surface area contributed by atoms with E-state index in [0.717, 1.165) is 50.9 Å². The Bertz CT molecular complexity index is 409. The van der Waals surface area contributed by atoms with Crippen LogP contribution in [0.3, 0.4) is 0 Å². The number of aliphatic hydroxyl groups is 1. The number of nitrogens with zero attached hydrogens (tertiary/aromatic N) is 2. The summed E-state index contributed by atoms with van der Waals surface area (Å²) in [5.74, 6) is 0.949. The first-order valence-corrected chi connectivity index (χ1v) is 10.6. The third-order valence-electron chi connectivity index (χ3n) is 6.46. The molecule has 0 bridgehead atoms. The van der Waals surface area contributed by atoms with Crippen molar-refractivity contribution < 1.29 is 5.11 Å². The number of halogens is 1. The normalized spacial score (nSPS) is 22.5. The third-order valence-corrected chi connectivity index (χ3v) is 6.46. The van der Waals surface area contributed by atoms with Crippen LogP contribution in [0.25, 0.3) is 0 Å². The van der Waals surface area contributed by atoms with E-state index in [1.54, 1.807) is 0 Å². The van der Waals surface area contributed by atoms with Crippen LogP contribution in [0.1, 0.15) is 72.1 Å². The summed E-state index contributed by atoms with van der Waals surface area (Å²) < 4.78 is 0. The molecule has 1 aliphatic carbocycles. The van der Waals surface area contributed by atoms with Gasteiger partial charge in [-0.15, -0.1) is 24.0 Å². The van der Waals surface area contributed by atoms with Crippen molar-refractivity contribution in [3.8, 4) is 0 Å². The van der Waals surface area contributed by atoms with Crippen LogP contribution >= 0.6 is 24.0 Å². The van der Waals surface area contributed by atoms with Crippen molar-refractivity contribution >= 4 is 29.9 Å². The largest absolute Gasteiger partial charge is 0.396 e. The van der Waals surface area contributed by atoms with Gasteiger partial charge in [0.2, 0.25) is 0 Å². The van der Waals surface area contributed by atoms with Gasteiger partial charge >= 0.3 is 0 Å². The van der Waals surface area contributed by atoms with E-state index in [9.17, 15) is 5.11 Å². The van der Waals surface area contributed by atoms with Gasteiger partial charge in [0.25, 0.3) is 0 Å². The number of hydrogen-bond acceptors (Lipinski definition) is 3. The fourth-order valence-electron chi connectivity index (χ4n) is 4.41. The molecule has 2 rings (SSSR count). The van der Waals surface area contributed by atoms with Crippen LogP contribution in [0, 0.1) is 5.41 Å². The summed E-state index contributed by atoms with van der Waals surface area (Å²) in [4.78, 5) is 7.58. The van der Waals surface area contributed by atoms with E-state index in [-0.39, 0.29) is 36.0 Å². The first-order valence-electron chi connectivity index (χ1n) is 10.6. The molecule has 1 unspecified atom stereocenters. The standard InChI is InChI=1S/C20H40N4O.HI/c1-4-20(5-2,12-14-25)16-22-19(21-6-3)23-17-11-13-24(15-17)18-9-7-8-10-18;/h17-18,25H,4-16H2,1-3H3,(H2,21,22,23);1H. The molecule has 0 amide bonds. The molecule has 1 heterocycles. The molecule has 2 fully saturated rings. The molecule has 0 radical (unpaired) electrons. The average molecular weight is 480 g/mol. The van der Waals surface area contributed by atoms with Crippen LogP contribution in [-0.2, 0) is 0 Å². The first-order chi connectivity index (χ1) is 12.2. The van der Waals surface area contributed by atoms with Crippen molar-refractivity contribution in [3.05, 3.63) is 0 Å². The van der Waals surface area contributed by atoms with Gasteiger partial charge in [-0.1, -0.05) is 26.7 Å². The van der Waals surface area contributed by atoms with Gasteiger partial charge in [-0.3, -0.25) is 9.89 Å². The molecule has 0 aromatic heterocycles. The van der Waals surface area contributed by atoms with Gasteiger partial charge in [-0.05, 0) is 50.9 Å². The molecule has 6 heteroatoms. The van der Waals surface area contributed by atoms with Crippen LogP contribution in [0.5, 0.6) is 0 Å². The maximum atomic E-state index is 9.41. The summed E-state index contributed by atoms with van der Waals surface area (Å²) in [6, 6.07) is 1.33. The molecule has 3 N–H and O–H groups in total. The van der Waals surface area contributed by atoms with Crippen molar-refractivity contribution in [2.45, 2.75) is 84.2 Å². The zero-order valence-corrected chi connectivity index (χ0v) is 19.4. The molecule has 1 atom stereocenters. The summed E-state index contributed by atoms with van der Waals surface area (Å²) >= 11 is 0. The van der Waals surface area contributed by atoms with Crippen molar-refractivity contribution in [3.63, 3.8) is 0 Å². The summed E-state index contributed by atoms with van der Waals surface area (Å²) in [6.45, 7) is 10.8. The Morgan fingerprint density at radius 3 is 2.42 bits per heavy atom. The lowest BCUT2D eigenvalue weighted by Crippen LogP contribution is -2.45. The summed E-state index contributed by atoms with van der Waals surface area (Å²) in [5, 5.41) is 16.5. The van der Waals surface area contributed by atoms with Gasteiger partial charge in [-0.2, -0.15) is 0 Å². The number of aliphatic imine (C=N–C) groups is 1. The topological polar surface area (TPSA) is 59.9 Å². The maximum absolute atomic E-state index is 9.41. The lowest BCUT2D eigenvalue weighted by molar-refractivity contribution is 0.175. The highest BCUT2D eigenvalue weighted by molar-refractivity contribution is 14.0. The van der Waals surface area contributed by atoms with Crippen LogP contribution in [0.4, 0.5) is 0 Å². The first kappa shape index (κ1) is 24.0. The van der Waals surface area contributed by atoms with Gasteiger partial charge < -0.3 is 15.7 Å². The summed E-state index contributed by atoms with van der Waals surface area (Å²) in [7, 11) is 0. The predicted molar refractivity (Wildman–Crippen MR) is 121 cm³/mol. The van der Waals surface area contributed by atoms with E-state index < -0.39 is 0 Å². The van der Waals surface area contributed by atoms with Crippen LogP contribution in [-0.4, -0.2) is 60.8 Å². The monoisotopic (exact) mass is 480 g/mol. The molecule has 0 aromatic rings. The highest BCUT2D eigenvalue weighted by Gasteiger charge is 2.30. The Morgan fingerprint density at radius 2 is 1.85 bits per heavy atom. The number of hydrogen-bond donors (Lipinski definition) is 3. The molecule has 1 saturated heterocycles. The highest BCUT2D eigenvalue weighted by atomic mass is 127. The van der Waals surface area contributed by atoms with E-state index in [2.05, 4.69) is 36.3 Å². The molecule has 1 aliphatic heterocycles. The Morgan fingerprint density at radius 1 is 1.15 bits per heavy atom. The second kappa shape index (κ2) is 12.4. The van der Waals surface area contributed by atoms with Gasteiger partial charge in [-0.25, -0.2) is 0 Å². The molecule has 1 saturated carbocycles. The van der Waals surface area contributed by atoms with Crippen LogP contribution in [0.15, 0.2) is 4.99 Å². The second-order valence-electron chi connectivity index (χ2n) is 7.94. The molecule has 0 spiro atoms. The Labute approximate surface area is 177 Å². The lowest BCUT2D eigenvalue weighted by atomic mass is 9.79. The SMILES string of the molecule is CCNC(=NCC(CC)(CC)CCO)NC1CCN(C2CCCC2)C1.I. The molecular formula is C20H41IN4O. The average Bonchev–Trinajstić information content (AvgIpc) is 3.30. The number of aliphatic hydroxyl groups excluding tert-OH is 1. The van der Waals surface area contributed by atoms with Crippen molar-refractivity contribution in [1.82, 2.24) is 15.5 Å². The smallest absolute Gasteiger partial charge is 0.191 e. The van der Waals surface area contributed by atoms with E-state index in [1.165, 1.54) is 38.6 Å². The van der Waals surface area contributed by atoms with E-state index in [0.29, 0.717) is 6.04 Å². The van der Waals surface area contributed by atoms with Crippen molar-refractivity contribution in [1.29, 1.82) is 0 Å². The Kier molecular flexibility index (Phi) is 11.4. The molecule has 5 nitrogen and oxygen atoms in total. The van der Waals surface area contributed by atoms with Gasteiger partial charge in [0.1, 0.15) is 0 Å². The van der Waals surface area contributed by atoms with Crippen molar-refractivity contribution in [2.24, 2.45) is 10.4 Å². The highest BCUT2D eigenvalue weighted by Crippen LogP contribution is 2.30. The molecule has 26 heavy (non-hydrogen) atoms. The summed E-state index contributed by atoms with van der Waals surface area (Å²) in [6.07, 6.45) is 9.76. The molecule has 2 aliphatic rings. The second-order valence-corrected chi connectivity index (χ2v) is 7.94. The Balaban J connectivity index is 0.00000338. The minimum atomic E-state index is 0. The fraction of sp³-hybridized carbons (Fsp3) is 0.950. The minimum Gasteiger partial charge on any atom is -0.396 e. The third kappa shape index (κ3) is 6.82. The quantitative estimate of drug-likeness (QED) is 0.269. The zero-order valence-electron chi connectivity index (χ0n) is 17.1. The zero-order chi connectivity index (χ0) is 18.1.